The Morgan fingerprint density at radius 3 is 2.83 bits per heavy atom. The zero-order valence-corrected chi connectivity index (χ0v) is 16.2. The number of nitrogens with one attached hydrogen (secondary N) is 1. The Kier molecular flexibility index (Phi) is 6.11. The predicted octanol–water partition coefficient (Wildman–Crippen LogP) is 1.20. The molecule has 3 aromatic heterocycles. The van der Waals surface area contributed by atoms with Crippen LogP contribution in [-0.2, 0) is 0 Å². The first-order valence-corrected chi connectivity index (χ1v) is 9.06. The number of aromatic nitrogens is 4. The second-order valence-corrected chi connectivity index (χ2v) is 6.53. The Morgan fingerprint density at radius 2 is 2.14 bits per heavy atom. The number of rotatable bonds is 7. The van der Waals surface area contributed by atoms with Gasteiger partial charge in [0.2, 0.25) is 0 Å². The maximum atomic E-state index is 9.05. The van der Waals surface area contributed by atoms with E-state index >= 15 is 0 Å². The molecule has 10 nitrogen and oxygen atoms in total. The van der Waals surface area contributed by atoms with Crippen LogP contribution in [0.1, 0.15) is 25.0 Å². The van der Waals surface area contributed by atoms with Crippen LogP contribution in [0.25, 0.3) is 16.9 Å². The van der Waals surface area contributed by atoms with Crippen molar-refractivity contribution in [2.45, 2.75) is 19.9 Å². The minimum Gasteiger partial charge on any atom is -0.382 e. The molecule has 0 bridgehead atoms. The lowest BCUT2D eigenvalue weighted by Crippen LogP contribution is -2.17. The molecule has 0 unspecified atom stereocenters. The van der Waals surface area contributed by atoms with Gasteiger partial charge >= 0.3 is 0 Å². The summed E-state index contributed by atoms with van der Waals surface area (Å²) < 4.78 is 1.62. The summed E-state index contributed by atoms with van der Waals surface area (Å²) >= 11 is 0. The van der Waals surface area contributed by atoms with E-state index in [1.165, 1.54) is 6.20 Å². The number of nitrogens with zero attached hydrogens (tertiary/aromatic N) is 7. The average Bonchev–Trinajstić information content (AvgIpc) is 3.14. The van der Waals surface area contributed by atoms with Crippen LogP contribution in [0.5, 0.6) is 0 Å². The van der Waals surface area contributed by atoms with Crippen LogP contribution < -0.4 is 16.9 Å². The summed E-state index contributed by atoms with van der Waals surface area (Å²) in [5, 5.41) is 21.4. The van der Waals surface area contributed by atoms with Crippen molar-refractivity contribution in [3.63, 3.8) is 0 Å². The van der Waals surface area contributed by atoms with Crippen LogP contribution in [-0.4, -0.2) is 50.8 Å². The van der Waals surface area contributed by atoms with E-state index in [1.54, 1.807) is 29.4 Å². The van der Waals surface area contributed by atoms with Crippen LogP contribution in [0.2, 0.25) is 0 Å². The summed E-state index contributed by atoms with van der Waals surface area (Å²) in [5.74, 6) is 6.15. The van der Waals surface area contributed by atoms with E-state index in [0.717, 1.165) is 11.1 Å². The molecule has 5 N–H and O–H groups in total. The van der Waals surface area contributed by atoms with Gasteiger partial charge in [-0.25, -0.2) is 9.97 Å². The maximum Gasteiger partial charge on any atom is 0.164 e. The molecule has 0 saturated carbocycles. The first kappa shape index (κ1) is 19.9. The number of nitriles is 1. The smallest absolute Gasteiger partial charge is 0.164 e. The van der Waals surface area contributed by atoms with Gasteiger partial charge < -0.3 is 16.9 Å². The average molecular weight is 390 g/mol. The fourth-order valence-electron chi connectivity index (χ4n) is 2.74. The number of hydrogen-bond acceptors (Lipinski definition) is 9. The van der Waals surface area contributed by atoms with Crippen molar-refractivity contribution in [3.8, 4) is 11.9 Å². The highest BCUT2D eigenvalue weighted by Gasteiger charge is 2.14. The third kappa shape index (κ3) is 4.36. The van der Waals surface area contributed by atoms with Crippen molar-refractivity contribution >= 4 is 28.6 Å². The molecule has 29 heavy (non-hydrogen) atoms. The van der Waals surface area contributed by atoms with Crippen molar-refractivity contribution in [1.82, 2.24) is 19.7 Å². The molecule has 0 spiro atoms. The molecule has 3 rings (SSSR count). The minimum atomic E-state index is 0.162. The molecule has 0 radical (unpaired) electrons. The van der Waals surface area contributed by atoms with Crippen molar-refractivity contribution in [2.75, 3.05) is 18.4 Å². The summed E-state index contributed by atoms with van der Waals surface area (Å²) in [4.78, 5) is 13.1. The topological polar surface area (TPSA) is 156 Å². The first-order chi connectivity index (χ1) is 14.1. The highest BCUT2D eigenvalue weighted by molar-refractivity contribution is 6.39. The third-order valence-electron chi connectivity index (χ3n) is 3.97. The molecule has 0 aliphatic rings. The molecule has 0 atom stereocenters. The SMILES string of the molecule is CC(C)Nc1cc(-n2ncc3cc(C#N)cnc32)ncc1C(C=NCCN)=NN. The number of nitrogens with two attached hydrogens (primary N) is 2. The molecular formula is C19H22N10. The standard InChI is InChI=1S/C19H22N10/c1-12(2)27-16-6-18(24-10-15(16)17(28-22)11-23-4-3-20)29-19-14(9-26-29)5-13(7-21)8-25-19/h5-6,8-12H,3-4,20,22H2,1-2H3,(H,24,27). The normalized spacial score (nSPS) is 12.0. The Labute approximate surface area is 168 Å². The molecule has 0 fully saturated rings. The summed E-state index contributed by atoms with van der Waals surface area (Å²) in [7, 11) is 0. The van der Waals surface area contributed by atoms with E-state index in [9.17, 15) is 0 Å². The highest BCUT2D eigenvalue weighted by Crippen LogP contribution is 2.22. The van der Waals surface area contributed by atoms with Crippen molar-refractivity contribution in [3.05, 3.63) is 41.9 Å². The van der Waals surface area contributed by atoms with Crippen LogP contribution in [0.4, 0.5) is 5.69 Å². The number of hydrazone groups is 1. The Balaban J connectivity index is 2.07. The second kappa shape index (κ2) is 8.90. The predicted molar refractivity (Wildman–Crippen MR) is 113 cm³/mol. The van der Waals surface area contributed by atoms with Crippen LogP contribution in [0, 0.1) is 11.3 Å². The first-order valence-electron chi connectivity index (χ1n) is 9.06. The van der Waals surface area contributed by atoms with E-state index < -0.39 is 0 Å². The fourth-order valence-corrected chi connectivity index (χ4v) is 2.74. The Bertz CT molecular complexity index is 1100. The van der Waals surface area contributed by atoms with Gasteiger partial charge in [-0.2, -0.15) is 20.1 Å². The van der Waals surface area contributed by atoms with Gasteiger partial charge in [0.1, 0.15) is 11.8 Å². The van der Waals surface area contributed by atoms with E-state index in [1.807, 2.05) is 19.9 Å². The Morgan fingerprint density at radius 1 is 1.31 bits per heavy atom. The molecule has 0 saturated heterocycles. The molecule has 3 heterocycles. The van der Waals surface area contributed by atoms with Crippen molar-refractivity contribution < 1.29 is 0 Å². The van der Waals surface area contributed by atoms with Gasteiger partial charge in [0, 0.05) is 53.9 Å². The van der Waals surface area contributed by atoms with E-state index in [-0.39, 0.29) is 6.04 Å². The number of fused-ring (bicyclic) bond motifs is 1. The molecular weight excluding hydrogens is 368 g/mol. The van der Waals surface area contributed by atoms with Gasteiger partial charge in [0.05, 0.1) is 18.3 Å². The molecule has 10 heteroatoms. The summed E-state index contributed by atoms with van der Waals surface area (Å²) in [6.45, 7) is 4.97. The van der Waals surface area contributed by atoms with Gasteiger partial charge in [0.25, 0.3) is 0 Å². The number of anilines is 1. The molecule has 0 aromatic carbocycles. The van der Waals surface area contributed by atoms with E-state index in [0.29, 0.717) is 41.4 Å². The van der Waals surface area contributed by atoms with Crippen molar-refractivity contribution in [2.24, 2.45) is 21.7 Å². The minimum absolute atomic E-state index is 0.162. The zero-order chi connectivity index (χ0) is 20.8. The van der Waals surface area contributed by atoms with Gasteiger partial charge in [0.15, 0.2) is 11.5 Å². The molecule has 3 aromatic rings. The summed E-state index contributed by atoms with van der Waals surface area (Å²) in [6, 6.07) is 5.82. The maximum absolute atomic E-state index is 9.05. The van der Waals surface area contributed by atoms with Gasteiger partial charge in [-0.3, -0.25) is 4.99 Å². The van der Waals surface area contributed by atoms with Crippen molar-refractivity contribution in [1.29, 1.82) is 5.26 Å². The van der Waals surface area contributed by atoms with Crippen LogP contribution >= 0.6 is 0 Å². The zero-order valence-electron chi connectivity index (χ0n) is 16.2. The van der Waals surface area contributed by atoms with Gasteiger partial charge in [-0.05, 0) is 19.9 Å². The van der Waals surface area contributed by atoms with Crippen LogP contribution in [0.15, 0.2) is 40.8 Å². The molecule has 0 aliphatic carbocycles. The number of hydrogen-bond donors (Lipinski definition) is 3. The lowest BCUT2D eigenvalue weighted by Gasteiger charge is -2.15. The Hall–Kier alpha value is -3.84. The van der Waals surface area contributed by atoms with Gasteiger partial charge in [-0.15, -0.1) is 0 Å². The largest absolute Gasteiger partial charge is 0.382 e. The molecule has 0 amide bonds. The highest BCUT2D eigenvalue weighted by atomic mass is 15.3. The molecule has 0 aliphatic heterocycles. The quantitative estimate of drug-likeness (QED) is 0.311. The number of pyridine rings is 2. The summed E-state index contributed by atoms with van der Waals surface area (Å²) in [6.07, 6.45) is 6.41. The van der Waals surface area contributed by atoms with Gasteiger partial charge in [-0.1, -0.05) is 0 Å². The lowest BCUT2D eigenvalue weighted by atomic mass is 10.1. The summed E-state index contributed by atoms with van der Waals surface area (Å²) in [5.41, 5.74) is 8.55. The number of aliphatic imine (C=N–C) groups is 1. The monoisotopic (exact) mass is 390 g/mol. The third-order valence-corrected chi connectivity index (χ3v) is 3.97. The fraction of sp³-hybridized carbons (Fsp3) is 0.263. The van der Waals surface area contributed by atoms with E-state index in [4.69, 9.17) is 16.8 Å². The molecule has 148 valence electrons. The lowest BCUT2D eigenvalue weighted by molar-refractivity contribution is 0.857. The van der Waals surface area contributed by atoms with Crippen LogP contribution in [0.3, 0.4) is 0 Å². The van der Waals surface area contributed by atoms with E-state index in [2.05, 4.69) is 36.5 Å². The second-order valence-electron chi connectivity index (χ2n) is 6.53.